The highest BCUT2D eigenvalue weighted by atomic mass is 35.5. The average molecular weight is 472 g/mol. The second-order valence-corrected chi connectivity index (χ2v) is 6.99. The van der Waals surface area contributed by atoms with Crippen LogP contribution in [0, 0.1) is 5.82 Å². The Morgan fingerprint density at radius 3 is 2.37 bits per heavy atom. The highest BCUT2D eigenvalue weighted by Gasteiger charge is 2.18. The van der Waals surface area contributed by atoms with E-state index in [-0.39, 0.29) is 42.8 Å². The summed E-state index contributed by atoms with van der Waals surface area (Å²) in [6.07, 6.45) is 1.88. The van der Waals surface area contributed by atoms with Crippen LogP contribution < -0.4 is 11.5 Å². The molecule has 4 N–H and O–H groups in total. The van der Waals surface area contributed by atoms with Gasteiger partial charge in [0.1, 0.15) is 5.82 Å². The molecule has 0 aliphatic rings. The van der Waals surface area contributed by atoms with Crippen molar-refractivity contribution in [3.8, 4) is 0 Å². The Morgan fingerprint density at radius 2 is 1.80 bits per heavy atom. The summed E-state index contributed by atoms with van der Waals surface area (Å²) in [5.74, 6) is -0.853. The number of hydrogen-bond donors (Lipinski definition) is 2. The summed E-state index contributed by atoms with van der Waals surface area (Å²) in [5, 5.41) is 8.63. The Balaban J connectivity index is 0.00000320. The zero-order valence-corrected chi connectivity index (χ0v) is 17.9. The van der Waals surface area contributed by atoms with Crippen molar-refractivity contribution in [1.29, 1.82) is 0 Å². The van der Waals surface area contributed by atoms with Gasteiger partial charge >= 0.3 is 0 Å². The fourth-order valence-corrected chi connectivity index (χ4v) is 3.40. The van der Waals surface area contributed by atoms with Crippen LogP contribution in [-0.2, 0) is 13.0 Å². The monoisotopic (exact) mass is 470 g/mol. The normalized spacial score (nSPS) is 10.9. The molecule has 0 atom stereocenters. The smallest absolute Gasteiger partial charge is 0.273 e. The lowest BCUT2D eigenvalue weighted by molar-refractivity contribution is 0.0996. The molecule has 158 valence electrons. The van der Waals surface area contributed by atoms with Gasteiger partial charge < -0.3 is 11.5 Å². The topological polar surface area (TPSA) is 112 Å². The fourth-order valence-electron chi connectivity index (χ4n) is 2.74. The van der Waals surface area contributed by atoms with Crippen LogP contribution in [0.2, 0.25) is 10.0 Å². The number of carbonyl (C=O) groups excluding carboxylic acids is 1. The zero-order valence-electron chi connectivity index (χ0n) is 15.6. The van der Waals surface area contributed by atoms with Crippen molar-refractivity contribution in [3.63, 3.8) is 0 Å². The molecule has 0 aliphatic heterocycles. The highest BCUT2D eigenvalue weighted by molar-refractivity contribution is 6.36. The van der Waals surface area contributed by atoms with E-state index in [1.807, 2.05) is 0 Å². The number of aromatic nitrogens is 3. The zero-order chi connectivity index (χ0) is 21.0. The summed E-state index contributed by atoms with van der Waals surface area (Å²) in [4.78, 5) is 15.7. The Hall–Kier alpha value is -2.52. The maximum Gasteiger partial charge on any atom is 0.273 e. The molecule has 0 saturated heterocycles. The van der Waals surface area contributed by atoms with Gasteiger partial charge in [-0.15, -0.1) is 17.5 Å². The number of hydrogen-bond acceptors (Lipinski definition) is 5. The standard InChI is InChI=1S/C19H17Cl2FN6O.ClH/c20-15-8-12(9-16(21)14(15)7-11-1-3-13(22)4-2-11)10-28-19(25-6-5-23)17(18(24)29)26-27-28;/h1-4,6,8-9H,5,7,10,23H2,(H2,24,29);1H. The third-order valence-electron chi connectivity index (χ3n) is 4.09. The number of benzene rings is 2. The molecule has 1 aromatic heterocycles. The first-order valence-electron chi connectivity index (χ1n) is 8.56. The molecule has 2 aromatic carbocycles. The third-order valence-corrected chi connectivity index (χ3v) is 4.76. The van der Waals surface area contributed by atoms with Gasteiger partial charge in [-0.05, 0) is 41.0 Å². The van der Waals surface area contributed by atoms with Crippen molar-refractivity contribution >= 4 is 53.5 Å². The van der Waals surface area contributed by atoms with E-state index in [0.29, 0.717) is 16.5 Å². The minimum absolute atomic E-state index is 0. The molecule has 0 radical (unpaired) electrons. The number of nitrogens with two attached hydrogens (primary N) is 2. The summed E-state index contributed by atoms with van der Waals surface area (Å²) in [7, 11) is 0. The van der Waals surface area contributed by atoms with Gasteiger partial charge in [0, 0.05) is 29.2 Å². The molecule has 1 amide bonds. The van der Waals surface area contributed by atoms with E-state index in [1.165, 1.54) is 23.0 Å². The van der Waals surface area contributed by atoms with E-state index in [2.05, 4.69) is 15.3 Å². The molecule has 0 spiro atoms. The summed E-state index contributed by atoms with van der Waals surface area (Å²) in [5.41, 5.74) is 13.0. The highest BCUT2D eigenvalue weighted by Crippen LogP contribution is 2.30. The number of nitrogens with zero attached hydrogens (tertiary/aromatic N) is 4. The van der Waals surface area contributed by atoms with E-state index in [9.17, 15) is 9.18 Å². The Morgan fingerprint density at radius 1 is 1.17 bits per heavy atom. The van der Waals surface area contributed by atoms with Crippen molar-refractivity contribution in [2.24, 2.45) is 16.5 Å². The number of rotatable bonds is 7. The van der Waals surface area contributed by atoms with Crippen molar-refractivity contribution in [2.45, 2.75) is 13.0 Å². The van der Waals surface area contributed by atoms with Gasteiger partial charge in [0.15, 0.2) is 11.5 Å². The van der Waals surface area contributed by atoms with Crippen LogP contribution in [0.25, 0.3) is 0 Å². The van der Waals surface area contributed by atoms with E-state index in [4.69, 9.17) is 34.7 Å². The molecule has 1 heterocycles. The molecular weight excluding hydrogens is 454 g/mol. The predicted molar refractivity (Wildman–Crippen MR) is 118 cm³/mol. The lowest BCUT2D eigenvalue weighted by Crippen LogP contribution is -2.12. The molecule has 7 nitrogen and oxygen atoms in total. The molecule has 30 heavy (non-hydrogen) atoms. The van der Waals surface area contributed by atoms with Crippen LogP contribution in [0.15, 0.2) is 41.4 Å². The van der Waals surface area contributed by atoms with E-state index in [0.717, 1.165) is 16.7 Å². The first kappa shape index (κ1) is 23.8. The number of primary amides is 1. The third kappa shape index (κ3) is 5.54. The van der Waals surface area contributed by atoms with Crippen molar-refractivity contribution in [3.05, 3.63) is 74.6 Å². The van der Waals surface area contributed by atoms with Crippen LogP contribution in [0.1, 0.15) is 27.2 Å². The summed E-state index contributed by atoms with van der Waals surface area (Å²) in [6, 6.07) is 9.62. The SMILES string of the molecule is Cl.NCC=Nc1c(C(N)=O)nnn1Cc1cc(Cl)c(Cc2ccc(F)cc2)c(Cl)c1. The van der Waals surface area contributed by atoms with E-state index >= 15 is 0 Å². The first-order valence-corrected chi connectivity index (χ1v) is 9.31. The van der Waals surface area contributed by atoms with Crippen molar-refractivity contribution in [1.82, 2.24) is 15.0 Å². The maximum atomic E-state index is 13.1. The Bertz CT molecular complexity index is 1050. The van der Waals surface area contributed by atoms with Gasteiger partial charge in [0.2, 0.25) is 0 Å². The van der Waals surface area contributed by atoms with Gasteiger partial charge in [-0.3, -0.25) is 4.79 Å². The minimum Gasteiger partial charge on any atom is -0.364 e. The molecule has 3 rings (SSSR count). The fraction of sp³-hybridized carbons (Fsp3) is 0.158. The number of aliphatic imine (C=N–C) groups is 1. The largest absolute Gasteiger partial charge is 0.364 e. The Labute approximate surface area is 188 Å². The molecule has 3 aromatic rings. The first-order chi connectivity index (χ1) is 13.9. The number of amides is 1. The van der Waals surface area contributed by atoms with E-state index < -0.39 is 5.91 Å². The van der Waals surface area contributed by atoms with Crippen LogP contribution >= 0.6 is 35.6 Å². The van der Waals surface area contributed by atoms with E-state index in [1.54, 1.807) is 24.3 Å². The quantitative estimate of drug-likeness (QED) is 0.513. The van der Waals surface area contributed by atoms with Crippen LogP contribution in [0.3, 0.4) is 0 Å². The lowest BCUT2D eigenvalue weighted by atomic mass is 10.0. The number of carbonyl (C=O) groups is 1. The van der Waals surface area contributed by atoms with Gasteiger partial charge in [0.05, 0.1) is 6.54 Å². The molecule has 0 unspecified atom stereocenters. The lowest BCUT2D eigenvalue weighted by Gasteiger charge is -2.11. The molecule has 0 bridgehead atoms. The number of halogens is 4. The van der Waals surface area contributed by atoms with Crippen LogP contribution in [-0.4, -0.2) is 33.7 Å². The van der Waals surface area contributed by atoms with Gasteiger partial charge in [-0.1, -0.05) is 40.5 Å². The van der Waals surface area contributed by atoms with Gasteiger partial charge in [0.25, 0.3) is 5.91 Å². The van der Waals surface area contributed by atoms with Gasteiger partial charge in [-0.2, -0.15) is 0 Å². The molecule has 0 fully saturated rings. The second-order valence-electron chi connectivity index (χ2n) is 6.17. The molecule has 11 heteroatoms. The summed E-state index contributed by atoms with van der Waals surface area (Å²) < 4.78 is 14.5. The molecule has 0 saturated carbocycles. The van der Waals surface area contributed by atoms with Gasteiger partial charge in [-0.25, -0.2) is 14.1 Å². The summed E-state index contributed by atoms with van der Waals surface area (Å²) in [6.45, 7) is 0.396. The molecular formula is C19H18Cl3FN6O. The second kappa shape index (κ2) is 10.5. The molecule has 0 aliphatic carbocycles. The minimum atomic E-state index is -0.744. The maximum absolute atomic E-state index is 13.1. The Kier molecular flexibility index (Phi) is 8.31. The average Bonchev–Trinajstić information content (AvgIpc) is 3.07. The summed E-state index contributed by atoms with van der Waals surface area (Å²) >= 11 is 12.9. The predicted octanol–water partition coefficient (Wildman–Crippen LogP) is 3.54. The van der Waals surface area contributed by atoms with Crippen molar-refractivity contribution in [2.75, 3.05) is 6.54 Å². The van der Waals surface area contributed by atoms with Crippen molar-refractivity contribution < 1.29 is 9.18 Å². The van der Waals surface area contributed by atoms with Crippen LogP contribution in [0.4, 0.5) is 10.2 Å². The van der Waals surface area contributed by atoms with Crippen LogP contribution in [0.5, 0.6) is 0 Å².